The summed E-state index contributed by atoms with van der Waals surface area (Å²) in [5.74, 6) is -9.58. The molecule has 4 aliphatic rings. The van der Waals surface area contributed by atoms with Crippen molar-refractivity contribution < 1.29 is 92.3 Å². The number of carbonyl (C=O) groups is 14. The number of benzene rings is 2. The maximum absolute atomic E-state index is 14.6. The van der Waals surface area contributed by atoms with Crippen LogP contribution in [-0.2, 0) is 97.9 Å². The summed E-state index contributed by atoms with van der Waals surface area (Å²) in [6, 6.07) is 0.759. The van der Waals surface area contributed by atoms with Gasteiger partial charge in [0.05, 0.1) is 39.2 Å². The molecule has 4 aliphatic heterocycles. The molecule has 0 aliphatic carbocycles. The molecule has 13 amide bonds. The lowest BCUT2D eigenvalue weighted by Crippen LogP contribution is -2.60. The quantitative estimate of drug-likeness (QED) is 0.0354. The minimum atomic E-state index is -1.78. The van der Waals surface area contributed by atoms with Gasteiger partial charge in [0.2, 0.25) is 76.8 Å². The maximum atomic E-state index is 14.6. The highest BCUT2D eigenvalue weighted by Crippen LogP contribution is 2.29. The third-order valence-electron chi connectivity index (χ3n) is 21.5. The number of nitrogens with one attached hydrogen (secondary N) is 9. The fourth-order valence-electron chi connectivity index (χ4n) is 15.0. The lowest BCUT2D eigenvalue weighted by Gasteiger charge is -2.34. The third-order valence-corrected chi connectivity index (χ3v) is 22.1. The Morgan fingerprint density at radius 3 is 1.59 bits per heavy atom. The van der Waals surface area contributed by atoms with E-state index in [1.165, 1.54) is 121 Å². The molecule has 35 nitrogen and oxygen atoms in total. The zero-order valence-corrected chi connectivity index (χ0v) is 68.8. The Morgan fingerprint density at radius 2 is 1.01 bits per heavy atom. The Hall–Kier alpha value is -9.81. The average Bonchev–Trinajstić information content (AvgIpc) is 1.66. The number of amides is 13. The van der Waals surface area contributed by atoms with Gasteiger partial charge in [-0.15, -0.1) is 5.10 Å². The van der Waals surface area contributed by atoms with Crippen LogP contribution in [0.25, 0.3) is 0 Å². The number of aryl methyl sites for hydroxylation is 1. The minimum absolute atomic E-state index is 0.00712. The highest BCUT2D eigenvalue weighted by molar-refractivity contribution is 7.98. The number of ether oxygens (including phenoxy) is 1. The molecule has 1 aromatic heterocycles. The van der Waals surface area contributed by atoms with Crippen molar-refractivity contribution >= 4 is 94.5 Å². The number of hydrogen-bond acceptors (Lipinski definition) is 21. The van der Waals surface area contributed by atoms with E-state index in [9.17, 15) is 87.5 Å². The van der Waals surface area contributed by atoms with E-state index in [1.807, 2.05) is 6.26 Å². The molecule has 0 unspecified atom stereocenters. The normalized spacial score (nSPS) is 18.3. The Balaban J connectivity index is 0.817. The number of unbranched alkanes of at least 4 members (excludes halogenated alkanes) is 11. The second-order valence-corrected chi connectivity index (χ2v) is 31.5. The Kier molecular flexibility index (Phi) is 40.4. The van der Waals surface area contributed by atoms with Crippen LogP contribution < -0.4 is 47.9 Å². The van der Waals surface area contributed by atoms with Gasteiger partial charge in [0, 0.05) is 65.0 Å². The predicted molar refractivity (Wildman–Crippen MR) is 431 cm³/mol. The van der Waals surface area contributed by atoms with Crippen molar-refractivity contribution in [1.29, 1.82) is 0 Å². The van der Waals surface area contributed by atoms with Crippen LogP contribution in [0.5, 0.6) is 5.75 Å². The number of hydrogen-bond donors (Lipinski definition) is 13. The molecule has 0 spiro atoms. The summed E-state index contributed by atoms with van der Waals surface area (Å²) in [5, 5.41) is 71.7. The average molecular weight is 1660 g/mol. The number of aliphatic hydroxyl groups excluding tert-OH is 2. The molecule has 0 radical (unpaired) electrons. The first-order valence-corrected chi connectivity index (χ1v) is 42.8. The number of carboxylic acid groups (broad SMARTS) is 1. The van der Waals surface area contributed by atoms with Gasteiger partial charge in [-0.05, 0) is 126 Å². The summed E-state index contributed by atoms with van der Waals surface area (Å²) in [5.41, 5.74) is 1.74. The topological polar surface area (TPSA) is 481 Å². The Bertz CT molecular complexity index is 3760. The zero-order valence-electron chi connectivity index (χ0n) is 67.9. The van der Waals surface area contributed by atoms with Gasteiger partial charge >= 0.3 is 5.97 Å². The van der Waals surface area contributed by atoms with E-state index in [1.54, 1.807) is 41.2 Å². The molecule has 11 atom stereocenters. The van der Waals surface area contributed by atoms with E-state index in [2.05, 4.69) is 65.1 Å². The van der Waals surface area contributed by atoms with Gasteiger partial charge in [-0.3, -0.25) is 67.0 Å². The summed E-state index contributed by atoms with van der Waals surface area (Å²) >= 11 is 1.44. The molecule has 4 fully saturated rings. The molecular weight excluding hydrogens is 1530 g/mol. The highest BCUT2D eigenvalue weighted by Gasteiger charge is 2.47. The van der Waals surface area contributed by atoms with Gasteiger partial charge in [0.1, 0.15) is 77.9 Å². The lowest BCUT2D eigenvalue weighted by molar-refractivity contribution is -0.149. The standard InChI is InChI=1S/C81H122N16O19S/c1-5-6-7-8-9-10-11-12-13-14-18-31-68(101)82-38-44-116-52-57-49-93(92-91-57)39-20-19-32-69(102)84-53(2)71(104)87-60(46-56-33-35-58(100)36-34-56)73(106)90-63(51-99)74(107)89-62(50-98)72(105)83-48-70(103)85-54(3)77(110)96-42-23-29-66(96)79(112)94-40-21-27-64(94)75(108)86-59(37-45-117-4)78(111)97-43-24-30-67(97)80(113)95-41-22-28-65(95)76(109)88-61(81(114)115)47-55-25-16-15-17-26-55/h15-17,25-26,33-36,49,53-54,59-67,98-100H,5-14,18-24,27-32,37-48,50-52H2,1-4H3,(H,82,101)(H,83,105)(H,84,102)(H,85,103)(H,86,108)(H,87,104)(H,88,109)(H,89,107)(H,90,106)(H,114,115)/t53-,54-,59-,60-,61-,62-,63-,64-,65-,66-,67-/m0/s1. The molecule has 3 aromatic rings. The first-order valence-electron chi connectivity index (χ1n) is 41.4. The van der Waals surface area contributed by atoms with E-state index >= 15 is 0 Å². The van der Waals surface area contributed by atoms with Crippen LogP contribution in [0.15, 0.2) is 60.8 Å². The number of carboxylic acids is 1. The molecular formula is C81H122N16O19S. The van der Waals surface area contributed by atoms with Crippen molar-refractivity contribution in [3.05, 3.63) is 77.6 Å². The van der Waals surface area contributed by atoms with Crippen molar-refractivity contribution in [1.82, 2.24) is 82.4 Å². The molecule has 646 valence electrons. The molecule has 2 aromatic carbocycles. The first-order chi connectivity index (χ1) is 56.3. The molecule has 13 N–H and O–H groups in total. The van der Waals surface area contributed by atoms with Crippen LogP contribution in [0.3, 0.4) is 0 Å². The number of aliphatic hydroxyl groups is 2. The smallest absolute Gasteiger partial charge is 0.326 e. The summed E-state index contributed by atoms with van der Waals surface area (Å²) in [7, 11) is 0. The molecule has 4 saturated heterocycles. The van der Waals surface area contributed by atoms with E-state index in [0.29, 0.717) is 100 Å². The number of aliphatic carboxylic acids is 1. The van der Waals surface area contributed by atoms with E-state index < -0.39 is 163 Å². The summed E-state index contributed by atoms with van der Waals surface area (Å²) < 4.78 is 7.31. The van der Waals surface area contributed by atoms with Crippen LogP contribution in [0, 0.1) is 0 Å². The van der Waals surface area contributed by atoms with E-state index in [0.717, 1.165) is 19.3 Å². The highest BCUT2D eigenvalue weighted by atomic mass is 32.2. The second kappa shape index (κ2) is 50.1. The summed E-state index contributed by atoms with van der Waals surface area (Å²) in [6.07, 6.45) is 21.2. The number of rotatable bonds is 51. The molecule has 0 bridgehead atoms. The number of carbonyl (C=O) groups excluding carboxylic acids is 13. The van der Waals surface area contributed by atoms with Crippen molar-refractivity contribution in [2.24, 2.45) is 0 Å². The predicted octanol–water partition coefficient (Wildman–Crippen LogP) is 1.31. The van der Waals surface area contributed by atoms with Crippen molar-refractivity contribution in [2.45, 2.75) is 267 Å². The van der Waals surface area contributed by atoms with Gasteiger partial charge in [0.15, 0.2) is 0 Å². The van der Waals surface area contributed by atoms with E-state index in [-0.39, 0.29) is 83.0 Å². The largest absolute Gasteiger partial charge is 0.508 e. The zero-order chi connectivity index (χ0) is 84.8. The summed E-state index contributed by atoms with van der Waals surface area (Å²) in [4.78, 5) is 197. The van der Waals surface area contributed by atoms with Crippen LogP contribution in [-0.4, -0.2) is 275 Å². The molecule has 36 heteroatoms. The van der Waals surface area contributed by atoms with Gasteiger partial charge in [0.25, 0.3) is 0 Å². The SMILES string of the molecule is CCCCCCCCCCCCCC(=O)NCCOCc1cn(CCCCC(=O)N[C@@H](C)C(=O)N[C@@H](Cc2ccc(O)cc2)C(=O)N[C@@H](CO)C(=O)N[C@@H](CO)C(=O)NCC(=O)N[C@@H](C)C(=O)N2CCC[C@H]2C(=O)N2CCC[C@H]2C(=O)N[C@@H](CCSC)C(=O)N2CCC[C@H]2C(=O)N2CCC[C@H]2C(=O)N[C@@H](Cc2ccccc2)C(=O)O)nn1. The van der Waals surface area contributed by atoms with Gasteiger partial charge in [-0.2, -0.15) is 11.8 Å². The fourth-order valence-corrected chi connectivity index (χ4v) is 15.4. The number of aromatic hydroxyl groups is 1. The molecule has 7 rings (SSSR count). The van der Waals surface area contributed by atoms with Crippen LogP contribution in [0.2, 0.25) is 0 Å². The molecule has 5 heterocycles. The molecule has 0 saturated carbocycles. The number of thioether (sulfide) groups is 1. The number of nitrogens with zero attached hydrogens (tertiary/aromatic N) is 7. The maximum Gasteiger partial charge on any atom is 0.326 e. The van der Waals surface area contributed by atoms with Crippen LogP contribution in [0.4, 0.5) is 0 Å². The number of phenolic OH excluding ortho intramolecular Hbond substituents is 1. The third kappa shape index (κ3) is 30.6. The van der Waals surface area contributed by atoms with Crippen molar-refractivity contribution in [3.63, 3.8) is 0 Å². The number of aromatic nitrogens is 3. The molecule has 117 heavy (non-hydrogen) atoms. The van der Waals surface area contributed by atoms with Gasteiger partial charge in [-0.25, -0.2) is 4.79 Å². The minimum Gasteiger partial charge on any atom is -0.508 e. The number of phenols is 1. The Morgan fingerprint density at radius 1 is 0.513 bits per heavy atom. The van der Waals surface area contributed by atoms with Crippen LogP contribution in [0.1, 0.15) is 192 Å². The Labute approximate surface area is 687 Å². The second-order valence-electron chi connectivity index (χ2n) is 30.5. The lowest BCUT2D eigenvalue weighted by atomic mass is 10.0. The summed E-state index contributed by atoms with van der Waals surface area (Å²) in [6.45, 7) is 4.17. The fraction of sp³-hybridized carbons (Fsp3) is 0.654. The van der Waals surface area contributed by atoms with Crippen molar-refractivity contribution in [3.8, 4) is 5.75 Å². The monoisotopic (exact) mass is 1650 g/mol. The first kappa shape index (κ1) is 94.3. The van der Waals surface area contributed by atoms with E-state index in [4.69, 9.17) is 4.74 Å². The van der Waals surface area contributed by atoms with Crippen molar-refractivity contribution in [2.75, 3.05) is 71.1 Å². The van der Waals surface area contributed by atoms with Gasteiger partial charge in [-0.1, -0.05) is 119 Å². The van der Waals surface area contributed by atoms with Gasteiger partial charge < -0.3 is 92.6 Å². The number of likely N-dealkylation sites (tertiary alicyclic amines) is 4. The van der Waals surface area contributed by atoms with Crippen LogP contribution >= 0.6 is 11.8 Å².